The quantitative estimate of drug-likeness (QED) is 0.353. The van der Waals surface area contributed by atoms with Crippen LogP contribution in [0.5, 0.6) is 0 Å². The van der Waals surface area contributed by atoms with Gasteiger partial charge in [0.1, 0.15) is 12.1 Å². The van der Waals surface area contributed by atoms with Gasteiger partial charge in [-0.15, -0.1) is 11.3 Å². The smallest absolute Gasteiger partial charge is 0.246 e. The Labute approximate surface area is 277 Å². The minimum Gasteiger partial charge on any atom is -0.391 e. The zero-order valence-electron chi connectivity index (χ0n) is 28.1. The highest BCUT2D eigenvalue weighted by atomic mass is 32.1. The molecule has 3 aliphatic rings. The van der Waals surface area contributed by atoms with Crippen molar-refractivity contribution in [2.24, 2.45) is 11.3 Å². The first-order valence-electron chi connectivity index (χ1n) is 16.7. The van der Waals surface area contributed by atoms with E-state index in [2.05, 4.69) is 27.4 Å². The number of carbonyl (C=O) groups is 3. The highest BCUT2D eigenvalue weighted by Crippen LogP contribution is 2.32. The predicted molar refractivity (Wildman–Crippen MR) is 179 cm³/mol. The lowest BCUT2D eigenvalue weighted by Gasteiger charge is -2.39. The summed E-state index contributed by atoms with van der Waals surface area (Å²) in [6.07, 6.45) is 4.05. The van der Waals surface area contributed by atoms with Gasteiger partial charge in [-0.2, -0.15) is 0 Å². The monoisotopic (exact) mass is 653 g/mol. The number of piperidine rings is 1. The van der Waals surface area contributed by atoms with Gasteiger partial charge in [-0.25, -0.2) is 4.98 Å². The van der Waals surface area contributed by atoms with Crippen LogP contribution in [0.25, 0.3) is 10.4 Å². The third kappa shape index (κ3) is 8.34. The molecule has 2 aromatic rings. The van der Waals surface area contributed by atoms with Crippen LogP contribution in [0.4, 0.5) is 0 Å². The van der Waals surface area contributed by atoms with Gasteiger partial charge in [0, 0.05) is 26.1 Å². The summed E-state index contributed by atoms with van der Waals surface area (Å²) in [4.78, 5) is 49.8. The number of rotatable bonds is 10. The van der Waals surface area contributed by atoms with Crippen LogP contribution >= 0.6 is 11.3 Å². The topological polar surface area (TPSA) is 124 Å². The summed E-state index contributed by atoms with van der Waals surface area (Å²) in [6, 6.07) is 6.05. The van der Waals surface area contributed by atoms with E-state index in [9.17, 15) is 19.5 Å². The van der Waals surface area contributed by atoms with Gasteiger partial charge in [-0.1, -0.05) is 52.0 Å². The summed E-state index contributed by atoms with van der Waals surface area (Å²) >= 11 is 1.59. The third-order valence-corrected chi connectivity index (χ3v) is 10.7. The molecule has 1 aromatic heterocycles. The van der Waals surface area contributed by atoms with Gasteiger partial charge in [0.15, 0.2) is 0 Å². The second kappa shape index (κ2) is 14.5. The number of nitrogens with zero attached hydrogens (tertiary/aromatic N) is 3. The lowest BCUT2D eigenvalue weighted by molar-refractivity contribution is -0.144. The van der Waals surface area contributed by atoms with Gasteiger partial charge in [0.25, 0.3) is 0 Å². The fourth-order valence-corrected chi connectivity index (χ4v) is 7.65. The molecular formula is C35H51N5O5S. The van der Waals surface area contributed by atoms with E-state index in [0.717, 1.165) is 66.4 Å². The molecule has 3 heterocycles. The molecule has 2 aliphatic heterocycles. The van der Waals surface area contributed by atoms with Crippen molar-refractivity contribution in [2.75, 3.05) is 26.2 Å². The Kier molecular flexibility index (Phi) is 10.9. The number of ether oxygens (including phenoxy) is 1. The van der Waals surface area contributed by atoms with Gasteiger partial charge >= 0.3 is 0 Å². The molecule has 3 fully saturated rings. The third-order valence-electron chi connectivity index (χ3n) is 9.68. The number of thiazole rings is 1. The lowest BCUT2D eigenvalue weighted by atomic mass is 9.84. The molecular weight excluding hydrogens is 602 g/mol. The van der Waals surface area contributed by atoms with Gasteiger partial charge in [0.05, 0.1) is 47.0 Å². The number of hydrogen-bond donors (Lipinski definition) is 3. The van der Waals surface area contributed by atoms with Crippen molar-refractivity contribution in [1.29, 1.82) is 0 Å². The molecule has 1 aliphatic carbocycles. The minimum atomic E-state index is -0.845. The van der Waals surface area contributed by atoms with Crippen LogP contribution in [0.15, 0.2) is 29.8 Å². The standard InChI is InChI=1S/C35H51N5O5S/c1-21-15-28(16-21)45-27-11-13-39(14-12-27)19-30(42)38-32(35(4,5)6)34(44)40-18-26(41)17-29(40)33(43)37-22(2)24-7-9-25(10-8-24)31-23(3)36-20-46-31/h7-10,20-22,26-29,32,41H,11-19H2,1-6H3,(H,37,43)(H,38,42)/t21-,22-,26+,28+,29-,32+/m0/s1. The SMILES string of the molecule is Cc1ncsc1-c1ccc([C@H](C)NC(=O)[C@@H]2C[C@@H](O)CN2C(=O)[C@@H](NC(=O)CN2CCC(O[C@H]3C[C@@H](C)C3)CC2)C(C)(C)C)cc1. The van der Waals surface area contributed by atoms with E-state index in [0.29, 0.717) is 6.10 Å². The second-order valence-electron chi connectivity index (χ2n) is 14.7. The number of β-amino-alcohol motifs (C(OH)–C–C–N with tert-alkyl or cyclic N) is 1. The van der Waals surface area contributed by atoms with E-state index < -0.39 is 23.6 Å². The van der Waals surface area contributed by atoms with Gasteiger partial charge in [0.2, 0.25) is 17.7 Å². The maximum absolute atomic E-state index is 14.0. The second-order valence-corrected chi connectivity index (χ2v) is 15.5. The minimum absolute atomic E-state index is 0.0456. The summed E-state index contributed by atoms with van der Waals surface area (Å²) < 4.78 is 6.23. The molecule has 5 rings (SSSR count). The summed E-state index contributed by atoms with van der Waals surface area (Å²) in [5, 5.41) is 16.6. The summed E-state index contributed by atoms with van der Waals surface area (Å²) in [5.74, 6) is -0.129. The maximum atomic E-state index is 14.0. The fraction of sp³-hybridized carbons (Fsp3) is 0.657. The zero-order chi connectivity index (χ0) is 33.2. The Morgan fingerprint density at radius 2 is 1.74 bits per heavy atom. The van der Waals surface area contributed by atoms with Gasteiger partial charge in [-0.05, 0) is 62.0 Å². The largest absolute Gasteiger partial charge is 0.391 e. The summed E-state index contributed by atoms with van der Waals surface area (Å²) in [5.41, 5.74) is 4.22. The maximum Gasteiger partial charge on any atom is 0.246 e. The molecule has 11 heteroatoms. The zero-order valence-corrected chi connectivity index (χ0v) is 28.9. The van der Waals surface area contributed by atoms with Gasteiger partial charge in [-0.3, -0.25) is 19.3 Å². The number of aromatic nitrogens is 1. The number of hydrogen-bond acceptors (Lipinski definition) is 8. The Morgan fingerprint density at radius 1 is 1.07 bits per heavy atom. The van der Waals surface area contributed by atoms with Crippen molar-refractivity contribution in [3.8, 4) is 10.4 Å². The van der Waals surface area contributed by atoms with E-state index in [4.69, 9.17) is 4.74 Å². The molecule has 4 atom stereocenters. The molecule has 0 unspecified atom stereocenters. The average molecular weight is 654 g/mol. The summed E-state index contributed by atoms with van der Waals surface area (Å²) in [7, 11) is 0. The number of benzene rings is 1. The van der Waals surface area contributed by atoms with Crippen molar-refractivity contribution in [1.82, 2.24) is 25.4 Å². The molecule has 46 heavy (non-hydrogen) atoms. The van der Waals surface area contributed by atoms with Crippen LogP contribution in [0.3, 0.4) is 0 Å². The Hall–Kier alpha value is -2.86. The molecule has 0 radical (unpaired) electrons. The van der Waals surface area contributed by atoms with Crippen molar-refractivity contribution >= 4 is 29.1 Å². The van der Waals surface area contributed by atoms with E-state index in [1.165, 1.54) is 4.90 Å². The molecule has 0 bridgehead atoms. The van der Waals surface area contributed by atoms with Crippen molar-refractivity contribution in [2.45, 2.75) is 110 Å². The van der Waals surface area contributed by atoms with E-state index in [-0.39, 0.29) is 49.4 Å². The molecule has 252 valence electrons. The van der Waals surface area contributed by atoms with Crippen LogP contribution in [-0.2, 0) is 19.1 Å². The number of aliphatic hydroxyl groups is 1. The highest BCUT2D eigenvalue weighted by molar-refractivity contribution is 7.13. The Balaban J connectivity index is 1.16. The van der Waals surface area contributed by atoms with Crippen molar-refractivity contribution < 1.29 is 24.2 Å². The fourth-order valence-electron chi connectivity index (χ4n) is 6.84. The first kappa shape index (κ1) is 34.5. The molecule has 2 saturated heterocycles. The van der Waals surface area contributed by atoms with E-state index >= 15 is 0 Å². The molecule has 1 saturated carbocycles. The first-order valence-corrected chi connectivity index (χ1v) is 17.6. The highest BCUT2D eigenvalue weighted by Gasteiger charge is 2.45. The van der Waals surface area contributed by atoms with Crippen LogP contribution in [0, 0.1) is 18.3 Å². The Morgan fingerprint density at radius 3 is 2.33 bits per heavy atom. The lowest BCUT2D eigenvalue weighted by Crippen LogP contribution is -2.59. The van der Waals surface area contributed by atoms with Crippen molar-refractivity contribution in [3.63, 3.8) is 0 Å². The van der Waals surface area contributed by atoms with E-state index in [1.807, 2.05) is 64.4 Å². The van der Waals surface area contributed by atoms with Gasteiger partial charge < -0.3 is 25.4 Å². The molecule has 3 N–H and O–H groups in total. The number of aliphatic hydroxyl groups excluding tert-OH is 1. The number of amides is 3. The molecule has 3 amide bonds. The number of nitrogens with one attached hydrogen (secondary N) is 2. The van der Waals surface area contributed by atoms with Crippen LogP contribution in [-0.4, -0.2) is 94.2 Å². The normalized spacial score (nSPS) is 25.5. The molecule has 0 spiro atoms. The summed E-state index contributed by atoms with van der Waals surface area (Å²) in [6.45, 7) is 13.7. The number of aryl methyl sites for hydroxylation is 1. The predicted octanol–water partition coefficient (Wildman–Crippen LogP) is 4.07. The van der Waals surface area contributed by atoms with Crippen LogP contribution in [0.1, 0.15) is 84.0 Å². The molecule has 1 aromatic carbocycles. The first-order chi connectivity index (χ1) is 21.8. The Bertz CT molecular complexity index is 1360. The van der Waals surface area contributed by atoms with Crippen LogP contribution in [0.2, 0.25) is 0 Å². The van der Waals surface area contributed by atoms with Crippen molar-refractivity contribution in [3.05, 3.63) is 41.0 Å². The van der Waals surface area contributed by atoms with E-state index in [1.54, 1.807) is 11.3 Å². The number of likely N-dealkylation sites (tertiary alicyclic amines) is 2. The van der Waals surface area contributed by atoms with Crippen LogP contribution < -0.4 is 10.6 Å². The molecule has 10 nitrogen and oxygen atoms in total. The number of carbonyl (C=O) groups excluding carboxylic acids is 3. The average Bonchev–Trinajstić information content (AvgIpc) is 3.60.